The molecule has 156 valence electrons. The minimum absolute atomic E-state index is 0.0474. The smallest absolute Gasteiger partial charge is 0.238 e. The summed E-state index contributed by atoms with van der Waals surface area (Å²) in [5, 5.41) is 3.06. The predicted octanol–water partition coefficient (Wildman–Crippen LogP) is 3.12. The molecule has 1 saturated heterocycles. The van der Waals surface area contributed by atoms with Crippen LogP contribution in [0.3, 0.4) is 0 Å². The first kappa shape index (κ1) is 20.1. The Kier molecular flexibility index (Phi) is 6.34. The molecule has 1 heterocycles. The first-order valence-electron chi connectivity index (χ1n) is 11.2. The minimum Gasteiger partial charge on any atom is -0.355 e. The predicted molar refractivity (Wildman–Crippen MR) is 114 cm³/mol. The second kappa shape index (κ2) is 9.12. The molecule has 2 fully saturated rings. The molecule has 4 rings (SSSR count). The van der Waals surface area contributed by atoms with Crippen molar-refractivity contribution in [2.24, 2.45) is 5.41 Å². The number of benzene rings is 1. The maximum absolute atomic E-state index is 13.1. The van der Waals surface area contributed by atoms with Gasteiger partial charge in [0.2, 0.25) is 11.8 Å². The summed E-state index contributed by atoms with van der Waals surface area (Å²) in [5.41, 5.74) is 1.99. The number of allylic oxidation sites excluding steroid dienone is 1. The molecule has 1 aromatic rings. The topological polar surface area (TPSA) is 52.7 Å². The van der Waals surface area contributed by atoms with Crippen molar-refractivity contribution in [2.75, 3.05) is 32.7 Å². The molecule has 3 aliphatic rings. The van der Waals surface area contributed by atoms with Crippen LogP contribution >= 0.6 is 0 Å². The highest BCUT2D eigenvalue weighted by Crippen LogP contribution is 2.47. The third-order valence-electron chi connectivity index (χ3n) is 6.62. The highest BCUT2D eigenvalue weighted by atomic mass is 16.2. The summed E-state index contributed by atoms with van der Waals surface area (Å²) in [6, 6.07) is 10.5. The van der Waals surface area contributed by atoms with Gasteiger partial charge < -0.3 is 10.2 Å². The zero-order valence-corrected chi connectivity index (χ0v) is 17.4. The van der Waals surface area contributed by atoms with Crippen molar-refractivity contribution in [1.29, 1.82) is 0 Å². The van der Waals surface area contributed by atoms with Gasteiger partial charge in [-0.25, -0.2) is 0 Å². The number of rotatable bonds is 7. The van der Waals surface area contributed by atoms with Gasteiger partial charge in [-0.05, 0) is 50.5 Å². The van der Waals surface area contributed by atoms with Gasteiger partial charge in [0.15, 0.2) is 0 Å². The highest BCUT2D eigenvalue weighted by molar-refractivity contribution is 6.07. The van der Waals surface area contributed by atoms with Crippen LogP contribution in [-0.4, -0.2) is 54.3 Å². The van der Waals surface area contributed by atoms with Crippen molar-refractivity contribution in [1.82, 2.24) is 15.1 Å². The quantitative estimate of drug-likeness (QED) is 0.570. The van der Waals surface area contributed by atoms with Gasteiger partial charge in [0.05, 0.1) is 0 Å². The Labute approximate surface area is 174 Å². The Morgan fingerprint density at radius 2 is 1.76 bits per heavy atom. The summed E-state index contributed by atoms with van der Waals surface area (Å²) < 4.78 is 0. The Bertz CT molecular complexity index is 747. The fraction of sp³-hybridized carbons (Fsp3) is 0.583. The van der Waals surface area contributed by atoms with Gasteiger partial charge in [-0.1, -0.05) is 42.0 Å². The van der Waals surface area contributed by atoms with E-state index in [1.54, 1.807) is 0 Å². The Hall–Kier alpha value is -2.14. The lowest BCUT2D eigenvalue weighted by molar-refractivity contribution is -0.145. The molecule has 0 spiro atoms. The molecule has 2 aliphatic carbocycles. The Balaban J connectivity index is 1.23. The van der Waals surface area contributed by atoms with Crippen LogP contribution in [0.15, 0.2) is 42.0 Å². The molecule has 0 aromatic heterocycles. The van der Waals surface area contributed by atoms with Crippen molar-refractivity contribution in [2.45, 2.75) is 51.5 Å². The van der Waals surface area contributed by atoms with E-state index in [0.717, 1.165) is 32.5 Å². The highest BCUT2D eigenvalue weighted by Gasteiger charge is 2.58. The monoisotopic (exact) mass is 395 g/mol. The zero-order chi connectivity index (χ0) is 20.1. The summed E-state index contributed by atoms with van der Waals surface area (Å²) in [6.45, 7) is 4.75. The fourth-order valence-corrected chi connectivity index (χ4v) is 4.55. The van der Waals surface area contributed by atoms with Crippen LogP contribution in [0.25, 0.3) is 0 Å². The molecule has 5 heteroatoms. The van der Waals surface area contributed by atoms with Gasteiger partial charge in [0.1, 0.15) is 5.41 Å². The minimum atomic E-state index is -0.775. The molecule has 0 atom stereocenters. The maximum atomic E-state index is 13.1. The van der Waals surface area contributed by atoms with Crippen LogP contribution in [-0.2, 0) is 16.1 Å². The standard InChI is InChI=1S/C24H33N3O2/c28-22(25-14-11-20-7-3-1-4-8-20)24(12-13-24)23(29)27-17-15-26(16-18-27)19-21-9-5-2-6-10-21/h2,5-7,9-10H,1,3-4,8,11-19H2,(H,25,28). The molecule has 0 unspecified atom stereocenters. The number of hydrogen-bond donors (Lipinski definition) is 1. The van der Waals surface area contributed by atoms with E-state index in [-0.39, 0.29) is 11.8 Å². The Morgan fingerprint density at radius 3 is 2.41 bits per heavy atom. The van der Waals surface area contributed by atoms with Gasteiger partial charge in [0.25, 0.3) is 0 Å². The third kappa shape index (κ3) is 4.89. The van der Waals surface area contributed by atoms with E-state index in [2.05, 4.69) is 40.6 Å². The van der Waals surface area contributed by atoms with E-state index in [4.69, 9.17) is 0 Å². The first-order chi connectivity index (χ1) is 14.2. The van der Waals surface area contributed by atoms with Gasteiger partial charge in [0, 0.05) is 39.3 Å². The van der Waals surface area contributed by atoms with Crippen molar-refractivity contribution in [3.05, 3.63) is 47.5 Å². The molecule has 0 radical (unpaired) electrons. The molecule has 29 heavy (non-hydrogen) atoms. The number of piperazine rings is 1. The Morgan fingerprint density at radius 1 is 1.00 bits per heavy atom. The average Bonchev–Trinajstić information content (AvgIpc) is 3.57. The maximum Gasteiger partial charge on any atom is 0.238 e. The van der Waals surface area contributed by atoms with Crippen LogP contribution in [0, 0.1) is 5.41 Å². The van der Waals surface area contributed by atoms with Gasteiger partial charge in [-0.3, -0.25) is 14.5 Å². The lowest BCUT2D eigenvalue weighted by Crippen LogP contribution is -2.53. The number of nitrogens with zero attached hydrogens (tertiary/aromatic N) is 2. The third-order valence-corrected chi connectivity index (χ3v) is 6.62. The summed E-state index contributed by atoms with van der Waals surface area (Å²) in [7, 11) is 0. The summed E-state index contributed by atoms with van der Waals surface area (Å²) in [4.78, 5) is 30.2. The summed E-state index contributed by atoms with van der Waals surface area (Å²) in [5.74, 6) is -0.00290. The molecule has 1 saturated carbocycles. The van der Waals surface area contributed by atoms with E-state index in [1.807, 2.05) is 11.0 Å². The van der Waals surface area contributed by atoms with Crippen molar-refractivity contribution >= 4 is 11.8 Å². The number of amides is 2. The molecule has 2 amide bonds. The van der Waals surface area contributed by atoms with Crippen LogP contribution in [0.2, 0.25) is 0 Å². The lowest BCUT2D eigenvalue weighted by Gasteiger charge is -2.36. The SMILES string of the molecule is O=C(NCCC1=CCCCC1)C1(C(=O)N2CCN(Cc3ccccc3)CC2)CC1. The first-order valence-corrected chi connectivity index (χ1v) is 11.2. The molecule has 1 N–H and O–H groups in total. The number of nitrogens with one attached hydrogen (secondary N) is 1. The van der Waals surface area contributed by atoms with Crippen LogP contribution in [0.4, 0.5) is 0 Å². The second-order valence-corrected chi connectivity index (χ2v) is 8.75. The summed E-state index contributed by atoms with van der Waals surface area (Å²) >= 11 is 0. The van der Waals surface area contributed by atoms with E-state index in [9.17, 15) is 9.59 Å². The molecule has 0 bridgehead atoms. The van der Waals surface area contributed by atoms with Crippen LogP contribution < -0.4 is 5.32 Å². The van der Waals surface area contributed by atoms with Crippen LogP contribution in [0.5, 0.6) is 0 Å². The number of carbonyl (C=O) groups is 2. The van der Waals surface area contributed by atoms with Crippen LogP contribution in [0.1, 0.15) is 50.5 Å². The zero-order valence-electron chi connectivity index (χ0n) is 17.4. The van der Waals surface area contributed by atoms with E-state index in [1.165, 1.54) is 30.4 Å². The lowest BCUT2D eigenvalue weighted by atomic mass is 9.97. The van der Waals surface area contributed by atoms with E-state index in [0.29, 0.717) is 32.5 Å². The second-order valence-electron chi connectivity index (χ2n) is 8.75. The average molecular weight is 396 g/mol. The largest absolute Gasteiger partial charge is 0.355 e. The number of hydrogen-bond acceptors (Lipinski definition) is 3. The molecular formula is C24H33N3O2. The fourth-order valence-electron chi connectivity index (χ4n) is 4.55. The van der Waals surface area contributed by atoms with Crippen molar-refractivity contribution in [3.63, 3.8) is 0 Å². The van der Waals surface area contributed by atoms with Gasteiger partial charge >= 0.3 is 0 Å². The van der Waals surface area contributed by atoms with Gasteiger partial charge in [-0.2, -0.15) is 0 Å². The molecule has 5 nitrogen and oxygen atoms in total. The molecule has 1 aromatic carbocycles. The van der Waals surface area contributed by atoms with Gasteiger partial charge in [-0.15, -0.1) is 0 Å². The van der Waals surface area contributed by atoms with E-state index >= 15 is 0 Å². The van der Waals surface area contributed by atoms with E-state index < -0.39 is 5.41 Å². The molecular weight excluding hydrogens is 362 g/mol. The van der Waals surface area contributed by atoms with Crippen molar-refractivity contribution in [3.8, 4) is 0 Å². The molecule has 1 aliphatic heterocycles. The number of carbonyl (C=O) groups excluding carboxylic acids is 2. The van der Waals surface area contributed by atoms with Crippen molar-refractivity contribution < 1.29 is 9.59 Å². The summed E-state index contributed by atoms with van der Waals surface area (Å²) in [6.07, 6.45) is 9.52. The normalized spacial score (nSPS) is 21.4.